The fourth-order valence-electron chi connectivity index (χ4n) is 4.04. The Morgan fingerprint density at radius 2 is 1.42 bits per heavy atom. The maximum Gasteiger partial charge on any atom is 0.138 e. The van der Waals surface area contributed by atoms with Crippen LogP contribution in [0.1, 0.15) is 0 Å². The van der Waals surface area contributed by atoms with Crippen molar-refractivity contribution >= 4 is 38.8 Å². The summed E-state index contributed by atoms with van der Waals surface area (Å²) in [4.78, 5) is 7.26. The molecule has 5 heteroatoms. The van der Waals surface area contributed by atoms with Crippen LogP contribution in [0.5, 0.6) is 0 Å². The lowest BCUT2D eigenvalue weighted by Gasteiger charge is -2.25. The lowest BCUT2D eigenvalue weighted by Crippen LogP contribution is -2.12. The minimum absolute atomic E-state index is 0.848. The third-order valence-corrected chi connectivity index (χ3v) is 6.42. The highest BCUT2D eigenvalue weighted by Gasteiger charge is 2.16. The molecular weight excluding hydrogens is 424 g/mol. The SMILES string of the molecule is c1ccc(N(c2cccc(-n3cccc3)c2)c2cccc(-c3nsc4ccccc34)n2)cc1. The molecule has 0 bridgehead atoms. The number of benzene rings is 3. The van der Waals surface area contributed by atoms with Crippen LogP contribution in [0, 0.1) is 0 Å². The number of hydrogen-bond donors (Lipinski definition) is 0. The fourth-order valence-corrected chi connectivity index (χ4v) is 4.82. The molecule has 3 heterocycles. The van der Waals surface area contributed by atoms with Crippen molar-refractivity contribution in [3.63, 3.8) is 0 Å². The van der Waals surface area contributed by atoms with Crippen LogP contribution in [0.25, 0.3) is 27.2 Å². The van der Waals surface area contributed by atoms with Crippen molar-refractivity contribution in [1.29, 1.82) is 0 Å². The standard InChI is InChI=1S/C28H20N4S/c1-2-10-21(11-3-1)32(23-13-8-12-22(20-23)31-18-6-7-19-31)27-17-9-15-25(29-27)28-24-14-4-5-16-26(24)33-30-28/h1-20H. The van der Waals surface area contributed by atoms with Gasteiger partial charge in [-0.2, -0.15) is 4.37 Å². The molecule has 0 fully saturated rings. The fraction of sp³-hybridized carbons (Fsp3) is 0. The van der Waals surface area contributed by atoms with Crippen molar-refractivity contribution in [3.8, 4) is 17.1 Å². The van der Waals surface area contributed by atoms with E-state index in [1.54, 1.807) is 0 Å². The second-order valence-electron chi connectivity index (χ2n) is 7.69. The quantitative estimate of drug-likeness (QED) is 0.274. The molecule has 0 radical (unpaired) electrons. The first-order valence-electron chi connectivity index (χ1n) is 10.8. The summed E-state index contributed by atoms with van der Waals surface area (Å²) in [7, 11) is 0. The zero-order valence-corrected chi connectivity index (χ0v) is 18.6. The van der Waals surface area contributed by atoms with E-state index in [0.717, 1.165) is 39.7 Å². The number of para-hydroxylation sites is 1. The largest absolute Gasteiger partial charge is 0.324 e. The number of pyridine rings is 1. The van der Waals surface area contributed by atoms with Gasteiger partial charge in [-0.05, 0) is 72.2 Å². The number of anilines is 3. The van der Waals surface area contributed by atoms with Crippen LogP contribution < -0.4 is 4.90 Å². The predicted molar refractivity (Wildman–Crippen MR) is 137 cm³/mol. The summed E-state index contributed by atoms with van der Waals surface area (Å²) in [5.41, 5.74) is 4.98. The van der Waals surface area contributed by atoms with Gasteiger partial charge in [0.2, 0.25) is 0 Å². The zero-order valence-electron chi connectivity index (χ0n) is 17.7. The molecule has 0 atom stereocenters. The van der Waals surface area contributed by atoms with E-state index in [1.807, 2.05) is 42.5 Å². The summed E-state index contributed by atoms with van der Waals surface area (Å²) in [6, 6.07) is 37.3. The Hall–Kier alpha value is -4.22. The van der Waals surface area contributed by atoms with E-state index in [2.05, 4.69) is 88.6 Å². The maximum absolute atomic E-state index is 5.07. The van der Waals surface area contributed by atoms with Gasteiger partial charge in [-0.25, -0.2) is 4.98 Å². The van der Waals surface area contributed by atoms with Crippen molar-refractivity contribution < 1.29 is 0 Å². The summed E-state index contributed by atoms with van der Waals surface area (Å²) < 4.78 is 7.99. The normalized spacial score (nSPS) is 11.0. The summed E-state index contributed by atoms with van der Waals surface area (Å²) in [5.74, 6) is 0.848. The summed E-state index contributed by atoms with van der Waals surface area (Å²) in [5, 5.41) is 1.13. The van der Waals surface area contributed by atoms with E-state index in [-0.39, 0.29) is 0 Å². The van der Waals surface area contributed by atoms with Gasteiger partial charge < -0.3 is 4.57 Å². The zero-order chi connectivity index (χ0) is 22.0. The third-order valence-electron chi connectivity index (χ3n) is 5.59. The average molecular weight is 445 g/mol. The molecule has 0 N–H and O–H groups in total. The van der Waals surface area contributed by atoms with E-state index in [1.165, 1.54) is 16.2 Å². The molecule has 4 nitrogen and oxygen atoms in total. The number of rotatable bonds is 5. The molecule has 0 aliphatic rings. The van der Waals surface area contributed by atoms with E-state index in [0.29, 0.717) is 0 Å². The van der Waals surface area contributed by atoms with Crippen LogP contribution in [0.15, 0.2) is 122 Å². The average Bonchev–Trinajstić information content (AvgIpc) is 3.56. The van der Waals surface area contributed by atoms with Crippen LogP contribution in [0.4, 0.5) is 17.2 Å². The van der Waals surface area contributed by atoms with Crippen molar-refractivity contribution in [2.45, 2.75) is 0 Å². The molecule has 0 aliphatic heterocycles. The van der Waals surface area contributed by atoms with E-state index < -0.39 is 0 Å². The highest BCUT2D eigenvalue weighted by atomic mass is 32.1. The Bertz CT molecular complexity index is 1520. The van der Waals surface area contributed by atoms with Crippen molar-refractivity contribution in [1.82, 2.24) is 13.9 Å². The highest BCUT2D eigenvalue weighted by Crippen LogP contribution is 2.36. The van der Waals surface area contributed by atoms with E-state index in [9.17, 15) is 0 Å². The van der Waals surface area contributed by atoms with Crippen molar-refractivity contribution in [2.24, 2.45) is 0 Å². The van der Waals surface area contributed by atoms with Crippen molar-refractivity contribution in [3.05, 3.63) is 122 Å². The van der Waals surface area contributed by atoms with Gasteiger partial charge in [0.15, 0.2) is 0 Å². The molecule has 0 aliphatic carbocycles. The van der Waals surface area contributed by atoms with Crippen LogP contribution in [-0.2, 0) is 0 Å². The Balaban J connectivity index is 1.50. The Morgan fingerprint density at radius 1 is 0.667 bits per heavy atom. The first-order valence-corrected chi connectivity index (χ1v) is 11.5. The van der Waals surface area contributed by atoms with Gasteiger partial charge in [0, 0.05) is 34.8 Å². The van der Waals surface area contributed by atoms with Gasteiger partial charge >= 0.3 is 0 Å². The van der Waals surface area contributed by atoms with Crippen LogP contribution >= 0.6 is 11.5 Å². The van der Waals surface area contributed by atoms with Gasteiger partial charge in [0.25, 0.3) is 0 Å². The smallest absolute Gasteiger partial charge is 0.138 e. The van der Waals surface area contributed by atoms with Gasteiger partial charge in [0.05, 0.1) is 10.4 Å². The summed E-state index contributed by atoms with van der Waals surface area (Å²) in [6.45, 7) is 0. The first kappa shape index (κ1) is 19.5. The molecular formula is C28H20N4S. The molecule has 3 aromatic carbocycles. The van der Waals surface area contributed by atoms with Gasteiger partial charge in [0.1, 0.15) is 11.5 Å². The highest BCUT2D eigenvalue weighted by molar-refractivity contribution is 7.13. The number of aromatic nitrogens is 3. The van der Waals surface area contributed by atoms with Crippen LogP contribution in [0.2, 0.25) is 0 Å². The number of nitrogens with zero attached hydrogens (tertiary/aromatic N) is 4. The molecule has 0 spiro atoms. The van der Waals surface area contributed by atoms with E-state index >= 15 is 0 Å². The molecule has 3 aromatic heterocycles. The lowest BCUT2D eigenvalue weighted by molar-refractivity contribution is 1.07. The monoisotopic (exact) mass is 444 g/mol. The molecule has 33 heavy (non-hydrogen) atoms. The molecule has 0 saturated carbocycles. The second-order valence-corrected chi connectivity index (χ2v) is 8.49. The Morgan fingerprint density at radius 3 is 2.30 bits per heavy atom. The Labute approximate surface area is 196 Å². The summed E-state index contributed by atoms with van der Waals surface area (Å²) >= 11 is 1.51. The molecule has 0 unspecified atom stereocenters. The van der Waals surface area contributed by atoms with Gasteiger partial charge in [-0.3, -0.25) is 4.90 Å². The molecule has 0 saturated heterocycles. The molecule has 6 aromatic rings. The number of hydrogen-bond acceptors (Lipinski definition) is 4. The van der Waals surface area contributed by atoms with Crippen LogP contribution in [0.3, 0.4) is 0 Å². The topological polar surface area (TPSA) is 34.0 Å². The molecule has 6 rings (SSSR count). The first-order chi connectivity index (χ1) is 16.4. The second kappa shape index (κ2) is 8.37. The maximum atomic E-state index is 5.07. The number of fused-ring (bicyclic) bond motifs is 1. The van der Waals surface area contributed by atoms with Gasteiger partial charge in [-0.1, -0.05) is 48.5 Å². The minimum Gasteiger partial charge on any atom is -0.324 e. The molecule has 0 amide bonds. The van der Waals surface area contributed by atoms with Gasteiger partial charge in [-0.15, -0.1) is 0 Å². The summed E-state index contributed by atoms with van der Waals surface area (Å²) in [6.07, 6.45) is 4.11. The Kier molecular flexibility index (Phi) is 4.94. The van der Waals surface area contributed by atoms with Crippen LogP contribution in [-0.4, -0.2) is 13.9 Å². The minimum atomic E-state index is 0.848. The molecule has 158 valence electrons. The van der Waals surface area contributed by atoms with E-state index in [4.69, 9.17) is 9.36 Å². The lowest BCUT2D eigenvalue weighted by atomic mass is 10.1. The predicted octanol–water partition coefficient (Wildman–Crippen LogP) is 7.62. The third kappa shape index (κ3) is 3.69. The van der Waals surface area contributed by atoms with Crippen molar-refractivity contribution in [2.75, 3.05) is 4.90 Å².